The second kappa shape index (κ2) is 4.95. The highest BCUT2D eigenvalue weighted by Gasteiger charge is 2.34. The molecule has 1 amide bonds. The predicted octanol–water partition coefficient (Wildman–Crippen LogP) is -0.507. The average molecular weight is 249 g/mol. The molecule has 1 aliphatic rings. The lowest BCUT2D eigenvalue weighted by atomic mass is 9.82. The molecule has 0 fully saturated rings. The van der Waals surface area contributed by atoms with Crippen LogP contribution in [0.4, 0.5) is 0 Å². The third-order valence-electron chi connectivity index (χ3n) is 3.11. The Morgan fingerprint density at radius 2 is 2.17 bits per heavy atom. The highest BCUT2D eigenvalue weighted by Crippen LogP contribution is 2.29. The fourth-order valence-electron chi connectivity index (χ4n) is 1.86. The summed E-state index contributed by atoms with van der Waals surface area (Å²) in [4.78, 5) is 15.2. The first-order valence-corrected chi connectivity index (χ1v) is 5.47. The Morgan fingerprint density at radius 1 is 1.56 bits per heavy atom. The minimum absolute atomic E-state index is 0.236. The van der Waals surface area contributed by atoms with Crippen LogP contribution in [0, 0.1) is 0 Å². The number of amides is 1. The van der Waals surface area contributed by atoms with Crippen LogP contribution >= 0.6 is 0 Å². The summed E-state index contributed by atoms with van der Waals surface area (Å²) in [6.07, 6.45) is 4.77. The molecule has 1 atom stereocenters. The summed E-state index contributed by atoms with van der Waals surface area (Å²) in [5, 5.41) is 3.06. The molecule has 18 heavy (non-hydrogen) atoms. The molecule has 0 aromatic rings. The molecule has 98 valence electrons. The van der Waals surface area contributed by atoms with Gasteiger partial charge in [0.25, 0.3) is 5.91 Å². The van der Waals surface area contributed by atoms with Gasteiger partial charge in [-0.3, -0.25) is 9.79 Å². The van der Waals surface area contributed by atoms with Crippen LogP contribution in [0.1, 0.15) is 13.8 Å². The van der Waals surface area contributed by atoms with E-state index in [4.69, 9.17) is 17.2 Å². The van der Waals surface area contributed by atoms with Crippen molar-refractivity contribution in [1.82, 2.24) is 5.32 Å². The lowest BCUT2D eigenvalue weighted by Gasteiger charge is -2.37. The van der Waals surface area contributed by atoms with Crippen molar-refractivity contribution in [2.45, 2.75) is 19.4 Å². The number of hydrogen-bond donors (Lipinski definition) is 4. The molecule has 1 rings (SSSR count). The molecule has 7 N–H and O–H groups in total. The molecule has 0 saturated carbocycles. The molecular formula is C12H19N5O. The number of carbonyl (C=O) groups is 1. The Balaban J connectivity index is 3.27. The van der Waals surface area contributed by atoms with E-state index in [-0.39, 0.29) is 11.4 Å². The zero-order valence-corrected chi connectivity index (χ0v) is 10.8. The number of rotatable bonds is 3. The van der Waals surface area contributed by atoms with Crippen LogP contribution in [-0.2, 0) is 4.79 Å². The lowest BCUT2D eigenvalue weighted by molar-refractivity contribution is -0.114. The number of primary amides is 1. The van der Waals surface area contributed by atoms with Gasteiger partial charge in [0.2, 0.25) is 0 Å². The average Bonchev–Trinajstić information content (AvgIpc) is 2.30. The van der Waals surface area contributed by atoms with Crippen LogP contribution < -0.4 is 22.5 Å². The first-order valence-electron chi connectivity index (χ1n) is 5.47. The zero-order valence-electron chi connectivity index (χ0n) is 10.8. The fraction of sp³-hybridized carbons (Fsp3) is 0.333. The molecule has 1 heterocycles. The van der Waals surface area contributed by atoms with Crippen molar-refractivity contribution in [1.29, 1.82) is 0 Å². The van der Waals surface area contributed by atoms with Crippen molar-refractivity contribution < 1.29 is 4.79 Å². The van der Waals surface area contributed by atoms with Gasteiger partial charge in [0, 0.05) is 25.0 Å². The van der Waals surface area contributed by atoms with Crippen molar-refractivity contribution in [2.24, 2.45) is 22.2 Å². The van der Waals surface area contributed by atoms with Crippen LogP contribution in [-0.4, -0.2) is 24.7 Å². The van der Waals surface area contributed by atoms with Crippen LogP contribution in [0.25, 0.3) is 0 Å². The number of nitrogens with one attached hydrogen (secondary N) is 1. The molecule has 6 heteroatoms. The third kappa shape index (κ3) is 2.22. The van der Waals surface area contributed by atoms with E-state index < -0.39 is 11.4 Å². The van der Waals surface area contributed by atoms with Gasteiger partial charge in [-0.2, -0.15) is 0 Å². The SMILES string of the molecule is CN=CC(=CN)[C@]1(C)NC(N)=C(C(N)=O)C=C1C. The molecule has 0 unspecified atom stereocenters. The standard InChI is InChI=1S/C12H19N5O/c1-7-4-9(11(15)18)10(14)17-12(7,2)8(5-13)6-16-3/h4-6,17H,13-14H2,1-3H3,(H2,15,18)/t12-/m1/s1. The Morgan fingerprint density at radius 3 is 2.61 bits per heavy atom. The number of aliphatic imine (C=N–C) groups is 1. The maximum atomic E-state index is 11.2. The summed E-state index contributed by atoms with van der Waals surface area (Å²) in [5.41, 5.74) is 18.0. The largest absolute Gasteiger partial charge is 0.404 e. The summed E-state index contributed by atoms with van der Waals surface area (Å²) in [7, 11) is 1.66. The zero-order chi connectivity index (χ0) is 13.9. The lowest BCUT2D eigenvalue weighted by Crippen LogP contribution is -2.50. The van der Waals surface area contributed by atoms with Crippen molar-refractivity contribution in [3.05, 3.63) is 34.8 Å². The van der Waals surface area contributed by atoms with Gasteiger partial charge in [-0.15, -0.1) is 0 Å². The Hall–Kier alpha value is -2.24. The number of nitrogens with two attached hydrogens (primary N) is 3. The van der Waals surface area contributed by atoms with Crippen LogP contribution in [0.15, 0.2) is 39.8 Å². The minimum Gasteiger partial charge on any atom is -0.404 e. The van der Waals surface area contributed by atoms with Gasteiger partial charge < -0.3 is 22.5 Å². The van der Waals surface area contributed by atoms with E-state index in [1.165, 1.54) is 6.20 Å². The van der Waals surface area contributed by atoms with Crippen molar-refractivity contribution in [3.8, 4) is 0 Å². The first kappa shape index (κ1) is 13.8. The second-order valence-electron chi connectivity index (χ2n) is 4.28. The molecule has 0 saturated heterocycles. The van der Waals surface area contributed by atoms with E-state index in [9.17, 15) is 4.79 Å². The molecule has 0 aromatic carbocycles. The maximum absolute atomic E-state index is 11.2. The number of hydrogen-bond acceptors (Lipinski definition) is 5. The van der Waals surface area contributed by atoms with E-state index in [1.807, 2.05) is 13.8 Å². The molecule has 1 aliphatic heterocycles. The van der Waals surface area contributed by atoms with E-state index in [1.54, 1.807) is 19.3 Å². The van der Waals surface area contributed by atoms with Gasteiger partial charge in [0.1, 0.15) is 5.82 Å². The van der Waals surface area contributed by atoms with Gasteiger partial charge in [0.15, 0.2) is 0 Å². The molecule has 0 spiro atoms. The summed E-state index contributed by atoms with van der Waals surface area (Å²) in [5.74, 6) is -0.330. The van der Waals surface area contributed by atoms with Crippen molar-refractivity contribution in [3.63, 3.8) is 0 Å². The first-order chi connectivity index (χ1) is 8.36. The monoisotopic (exact) mass is 249 g/mol. The van der Waals surface area contributed by atoms with Gasteiger partial charge in [0.05, 0.1) is 11.1 Å². The second-order valence-corrected chi connectivity index (χ2v) is 4.28. The van der Waals surface area contributed by atoms with E-state index in [0.717, 1.165) is 11.1 Å². The predicted molar refractivity (Wildman–Crippen MR) is 72.4 cm³/mol. The van der Waals surface area contributed by atoms with Crippen LogP contribution in [0.2, 0.25) is 0 Å². The summed E-state index contributed by atoms with van der Waals surface area (Å²) in [6, 6.07) is 0. The van der Waals surface area contributed by atoms with E-state index in [0.29, 0.717) is 0 Å². The summed E-state index contributed by atoms with van der Waals surface area (Å²) < 4.78 is 0. The number of nitrogens with zero attached hydrogens (tertiary/aromatic N) is 1. The van der Waals surface area contributed by atoms with Crippen LogP contribution in [0.5, 0.6) is 0 Å². The summed E-state index contributed by atoms with van der Waals surface area (Å²) in [6.45, 7) is 3.78. The molecule has 0 radical (unpaired) electrons. The number of dihydropyridines is 1. The fourth-order valence-corrected chi connectivity index (χ4v) is 1.86. The maximum Gasteiger partial charge on any atom is 0.252 e. The highest BCUT2D eigenvalue weighted by atomic mass is 16.1. The van der Waals surface area contributed by atoms with E-state index >= 15 is 0 Å². The highest BCUT2D eigenvalue weighted by molar-refractivity contribution is 5.96. The quantitative estimate of drug-likeness (QED) is 0.504. The van der Waals surface area contributed by atoms with Crippen molar-refractivity contribution in [2.75, 3.05) is 7.05 Å². The number of carbonyl (C=O) groups excluding carboxylic acids is 1. The van der Waals surface area contributed by atoms with Gasteiger partial charge in [-0.1, -0.05) is 0 Å². The normalized spacial score (nSPS) is 25.1. The topological polar surface area (TPSA) is 120 Å². The van der Waals surface area contributed by atoms with Gasteiger partial charge in [-0.25, -0.2) is 0 Å². The molecule has 0 aromatic heterocycles. The summed E-state index contributed by atoms with van der Waals surface area (Å²) >= 11 is 0. The van der Waals surface area contributed by atoms with Crippen LogP contribution in [0.3, 0.4) is 0 Å². The Labute approximate surface area is 106 Å². The molecule has 0 bridgehead atoms. The third-order valence-corrected chi connectivity index (χ3v) is 3.11. The molecular weight excluding hydrogens is 230 g/mol. The van der Waals surface area contributed by atoms with Gasteiger partial charge >= 0.3 is 0 Å². The molecule has 6 nitrogen and oxygen atoms in total. The Kier molecular flexibility index (Phi) is 3.80. The minimum atomic E-state index is -0.600. The van der Waals surface area contributed by atoms with Crippen molar-refractivity contribution >= 4 is 12.1 Å². The molecule has 0 aliphatic carbocycles. The van der Waals surface area contributed by atoms with Gasteiger partial charge in [-0.05, 0) is 25.5 Å². The smallest absolute Gasteiger partial charge is 0.252 e. The Bertz CT molecular complexity index is 487. The van der Waals surface area contributed by atoms with E-state index in [2.05, 4.69) is 10.3 Å².